The zero-order valence-corrected chi connectivity index (χ0v) is 12.4. The lowest BCUT2D eigenvalue weighted by molar-refractivity contribution is -0.148. The Bertz CT molecular complexity index is 439. The summed E-state index contributed by atoms with van der Waals surface area (Å²) in [4.78, 5) is 25.0. The summed E-state index contributed by atoms with van der Waals surface area (Å²) in [6.45, 7) is 1.18. The minimum absolute atomic E-state index is 0.0594. The number of rotatable bonds is 5. The summed E-state index contributed by atoms with van der Waals surface area (Å²) < 4.78 is 27.5. The molecule has 1 atom stereocenters. The van der Waals surface area contributed by atoms with E-state index >= 15 is 0 Å². The van der Waals surface area contributed by atoms with Crippen LogP contribution in [0.1, 0.15) is 32.6 Å². The second kappa shape index (κ2) is 6.36. The van der Waals surface area contributed by atoms with Gasteiger partial charge in [-0.05, 0) is 19.8 Å². The van der Waals surface area contributed by atoms with Crippen molar-refractivity contribution in [3.05, 3.63) is 0 Å². The van der Waals surface area contributed by atoms with Crippen LogP contribution in [0.3, 0.4) is 0 Å². The Kier molecular flexibility index (Phi) is 5.34. The first-order valence-electron chi connectivity index (χ1n) is 6.33. The molecular weight excluding hydrogens is 270 g/mol. The Morgan fingerprint density at radius 3 is 2.26 bits per heavy atom. The lowest BCUT2D eigenvalue weighted by atomic mass is 10.2. The number of carbonyl (C=O) groups excluding carboxylic acids is 2. The molecule has 0 aromatic rings. The van der Waals surface area contributed by atoms with Gasteiger partial charge in [0.15, 0.2) is 9.84 Å². The fourth-order valence-corrected chi connectivity index (χ4v) is 2.72. The molecule has 0 aromatic heterocycles. The van der Waals surface area contributed by atoms with Crippen LogP contribution in [-0.4, -0.2) is 56.4 Å². The fraction of sp³-hybridized carbons (Fsp3) is 0.833. The van der Waals surface area contributed by atoms with Gasteiger partial charge < -0.3 is 9.64 Å². The molecule has 0 bridgehead atoms. The van der Waals surface area contributed by atoms with Crippen LogP contribution in [0, 0.1) is 0 Å². The van der Waals surface area contributed by atoms with Gasteiger partial charge >= 0.3 is 5.97 Å². The van der Waals surface area contributed by atoms with Crippen molar-refractivity contribution in [3.63, 3.8) is 0 Å². The number of ether oxygens (including phenoxy) is 1. The SMILES string of the molecule is COC(=O)CN(C(=O)C(C)S(C)(=O)=O)C1CCCC1. The van der Waals surface area contributed by atoms with Gasteiger partial charge in [0.2, 0.25) is 5.91 Å². The first-order valence-corrected chi connectivity index (χ1v) is 8.29. The molecule has 0 radical (unpaired) electrons. The predicted octanol–water partition coefficient (Wildman–Crippen LogP) is 0.364. The molecule has 1 amide bonds. The zero-order chi connectivity index (χ0) is 14.6. The smallest absolute Gasteiger partial charge is 0.325 e. The van der Waals surface area contributed by atoms with Gasteiger partial charge in [-0.2, -0.15) is 0 Å². The average Bonchev–Trinajstić information content (AvgIpc) is 2.86. The van der Waals surface area contributed by atoms with Crippen LogP contribution in [0.4, 0.5) is 0 Å². The van der Waals surface area contributed by atoms with Crippen LogP contribution >= 0.6 is 0 Å². The molecule has 1 rings (SSSR count). The van der Waals surface area contributed by atoms with Gasteiger partial charge in [0, 0.05) is 12.3 Å². The first kappa shape index (κ1) is 15.9. The third-order valence-electron chi connectivity index (χ3n) is 3.57. The van der Waals surface area contributed by atoms with Gasteiger partial charge in [-0.25, -0.2) is 8.42 Å². The standard InChI is InChI=1S/C12H21NO5S/c1-9(19(3,16)17)12(15)13(8-11(14)18-2)10-6-4-5-7-10/h9-10H,4-8H2,1-3H3. The van der Waals surface area contributed by atoms with Crippen LogP contribution in [0.15, 0.2) is 0 Å². The maximum Gasteiger partial charge on any atom is 0.325 e. The third-order valence-corrected chi connectivity index (χ3v) is 5.05. The van der Waals surface area contributed by atoms with Crippen molar-refractivity contribution in [2.45, 2.75) is 43.9 Å². The number of nitrogens with zero attached hydrogens (tertiary/aromatic N) is 1. The van der Waals surface area contributed by atoms with Gasteiger partial charge in [-0.1, -0.05) is 12.8 Å². The summed E-state index contributed by atoms with van der Waals surface area (Å²) >= 11 is 0. The van der Waals surface area contributed by atoms with Gasteiger partial charge in [-0.3, -0.25) is 9.59 Å². The number of carbonyl (C=O) groups is 2. The monoisotopic (exact) mass is 291 g/mol. The Hall–Kier alpha value is -1.11. The van der Waals surface area contributed by atoms with E-state index in [-0.39, 0.29) is 12.6 Å². The van der Waals surface area contributed by atoms with E-state index < -0.39 is 27.0 Å². The molecule has 0 heterocycles. The second-order valence-electron chi connectivity index (χ2n) is 4.95. The van der Waals surface area contributed by atoms with Crippen molar-refractivity contribution in [3.8, 4) is 0 Å². The molecule has 1 saturated carbocycles. The lowest BCUT2D eigenvalue weighted by Crippen LogP contribution is -2.48. The maximum atomic E-state index is 12.3. The highest BCUT2D eigenvalue weighted by atomic mass is 32.2. The Morgan fingerprint density at radius 1 is 1.32 bits per heavy atom. The van der Waals surface area contributed by atoms with Crippen molar-refractivity contribution >= 4 is 21.7 Å². The molecule has 7 heteroatoms. The second-order valence-corrected chi connectivity index (χ2v) is 7.32. The van der Waals surface area contributed by atoms with Crippen molar-refractivity contribution < 1.29 is 22.7 Å². The lowest BCUT2D eigenvalue weighted by Gasteiger charge is -2.29. The summed E-state index contributed by atoms with van der Waals surface area (Å²) in [5, 5.41) is -1.13. The summed E-state index contributed by atoms with van der Waals surface area (Å²) in [6.07, 6.45) is 4.62. The number of esters is 1. The Morgan fingerprint density at radius 2 is 1.84 bits per heavy atom. The van der Waals surface area contributed by atoms with Crippen molar-refractivity contribution in [1.29, 1.82) is 0 Å². The number of amides is 1. The van der Waals surface area contributed by atoms with E-state index in [1.54, 1.807) is 0 Å². The summed E-state index contributed by atoms with van der Waals surface area (Å²) in [5.74, 6) is -1.04. The highest BCUT2D eigenvalue weighted by Crippen LogP contribution is 2.24. The third kappa shape index (κ3) is 4.19. The van der Waals surface area contributed by atoms with E-state index in [1.165, 1.54) is 18.9 Å². The minimum atomic E-state index is -3.46. The average molecular weight is 291 g/mol. The summed E-state index contributed by atoms with van der Waals surface area (Å²) in [7, 11) is -2.21. The molecule has 0 saturated heterocycles. The van der Waals surface area contributed by atoms with Crippen LogP contribution in [0.25, 0.3) is 0 Å². The number of hydrogen-bond acceptors (Lipinski definition) is 5. The van der Waals surface area contributed by atoms with Gasteiger partial charge in [0.1, 0.15) is 11.8 Å². The van der Waals surface area contributed by atoms with E-state index in [2.05, 4.69) is 4.74 Å². The van der Waals surface area contributed by atoms with Crippen LogP contribution in [-0.2, 0) is 24.2 Å². The Labute approximate surface area is 114 Å². The van der Waals surface area contributed by atoms with Crippen LogP contribution in [0.5, 0.6) is 0 Å². The highest BCUT2D eigenvalue weighted by molar-refractivity contribution is 7.92. The minimum Gasteiger partial charge on any atom is -0.468 e. The van der Waals surface area contributed by atoms with Crippen LogP contribution < -0.4 is 0 Å². The van der Waals surface area contributed by atoms with Gasteiger partial charge in [-0.15, -0.1) is 0 Å². The molecule has 0 N–H and O–H groups in total. The molecule has 19 heavy (non-hydrogen) atoms. The Balaban J connectivity index is 2.89. The summed E-state index contributed by atoms with van der Waals surface area (Å²) in [6, 6.07) is -0.0594. The van der Waals surface area contributed by atoms with E-state index in [0.29, 0.717) is 0 Å². The number of methoxy groups -OCH3 is 1. The molecule has 0 aliphatic heterocycles. The summed E-state index contributed by atoms with van der Waals surface area (Å²) in [5.41, 5.74) is 0. The number of hydrogen-bond donors (Lipinski definition) is 0. The quantitative estimate of drug-likeness (QED) is 0.683. The molecule has 1 fully saturated rings. The molecule has 0 aromatic carbocycles. The van der Waals surface area contributed by atoms with E-state index in [4.69, 9.17) is 0 Å². The molecule has 6 nitrogen and oxygen atoms in total. The van der Waals surface area contributed by atoms with Crippen molar-refractivity contribution in [2.24, 2.45) is 0 Å². The predicted molar refractivity (Wildman–Crippen MR) is 70.3 cm³/mol. The molecule has 110 valence electrons. The highest BCUT2D eigenvalue weighted by Gasteiger charge is 2.34. The molecule has 0 spiro atoms. The zero-order valence-electron chi connectivity index (χ0n) is 11.6. The largest absolute Gasteiger partial charge is 0.468 e. The van der Waals surface area contributed by atoms with E-state index in [1.807, 2.05) is 0 Å². The van der Waals surface area contributed by atoms with Crippen molar-refractivity contribution in [2.75, 3.05) is 19.9 Å². The van der Waals surface area contributed by atoms with E-state index in [0.717, 1.165) is 31.9 Å². The molecule has 1 aliphatic carbocycles. The molecule has 1 unspecified atom stereocenters. The van der Waals surface area contributed by atoms with Gasteiger partial charge in [0.05, 0.1) is 7.11 Å². The molecule has 1 aliphatic rings. The first-order chi connectivity index (χ1) is 8.77. The van der Waals surface area contributed by atoms with Crippen molar-refractivity contribution in [1.82, 2.24) is 4.90 Å². The molecular formula is C12H21NO5S. The normalized spacial score (nSPS) is 18.1. The fourth-order valence-electron chi connectivity index (χ4n) is 2.22. The topological polar surface area (TPSA) is 80.8 Å². The number of sulfone groups is 1. The maximum absolute atomic E-state index is 12.3. The van der Waals surface area contributed by atoms with Gasteiger partial charge in [0.25, 0.3) is 0 Å². The van der Waals surface area contributed by atoms with Crippen LogP contribution in [0.2, 0.25) is 0 Å². The van der Waals surface area contributed by atoms with E-state index in [9.17, 15) is 18.0 Å².